The first-order chi connectivity index (χ1) is 10.6. The second-order valence-corrected chi connectivity index (χ2v) is 6.66. The maximum absolute atomic E-state index is 5.59. The Labute approximate surface area is 136 Å². The second kappa shape index (κ2) is 6.08. The Morgan fingerprint density at radius 3 is 2.68 bits per heavy atom. The molecule has 0 unspecified atom stereocenters. The van der Waals surface area contributed by atoms with Crippen LogP contribution in [0.4, 0.5) is 0 Å². The van der Waals surface area contributed by atoms with Crippen LogP contribution in [-0.2, 0) is 0 Å². The van der Waals surface area contributed by atoms with Crippen LogP contribution in [0, 0.1) is 12.8 Å². The summed E-state index contributed by atoms with van der Waals surface area (Å²) in [7, 11) is 0. The van der Waals surface area contributed by atoms with Crippen LogP contribution < -0.4 is 5.32 Å². The summed E-state index contributed by atoms with van der Waals surface area (Å²) in [6.07, 6.45) is 1.84. The van der Waals surface area contributed by atoms with Crippen molar-refractivity contribution in [2.75, 3.05) is 6.54 Å². The van der Waals surface area contributed by atoms with Gasteiger partial charge < -0.3 is 15.2 Å². The van der Waals surface area contributed by atoms with Crippen molar-refractivity contribution in [3.05, 3.63) is 53.6 Å². The molecule has 0 aliphatic carbocycles. The fourth-order valence-electron chi connectivity index (χ4n) is 3.03. The van der Waals surface area contributed by atoms with Gasteiger partial charge >= 0.3 is 0 Å². The third-order valence-electron chi connectivity index (χ3n) is 3.93. The van der Waals surface area contributed by atoms with E-state index in [0.717, 1.165) is 23.0 Å². The lowest BCUT2D eigenvalue weighted by Gasteiger charge is -2.28. The number of H-pyrrole nitrogens is 1. The van der Waals surface area contributed by atoms with E-state index < -0.39 is 0 Å². The number of aromatic nitrogens is 2. The molecule has 2 N–H and O–H groups in total. The number of rotatable bonds is 4. The predicted molar refractivity (Wildman–Crippen MR) is 92.5 cm³/mol. The van der Waals surface area contributed by atoms with Gasteiger partial charge in [-0.25, -0.2) is 0 Å². The maximum Gasteiger partial charge on any atom is 0.170 e. The zero-order chi connectivity index (χ0) is 15.7. The van der Waals surface area contributed by atoms with Crippen LogP contribution in [-0.4, -0.2) is 26.5 Å². The molecule has 4 nitrogen and oxygen atoms in total. The minimum Gasteiger partial charge on any atom is -0.361 e. The van der Waals surface area contributed by atoms with E-state index in [1.54, 1.807) is 0 Å². The Kier molecular flexibility index (Phi) is 4.16. The van der Waals surface area contributed by atoms with Gasteiger partial charge in [0.2, 0.25) is 0 Å². The van der Waals surface area contributed by atoms with E-state index in [9.17, 15) is 0 Å². The molecule has 5 heteroatoms. The molecule has 116 valence electrons. The minimum atomic E-state index is 0.0745. The summed E-state index contributed by atoms with van der Waals surface area (Å²) >= 11 is 5.59. The highest BCUT2D eigenvalue weighted by Crippen LogP contribution is 2.38. The van der Waals surface area contributed by atoms with Crippen molar-refractivity contribution in [2.24, 2.45) is 5.92 Å². The van der Waals surface area contributed by atoms with Gasteiger partial charge in [-0.15, -0.1) is 0 Å². The molecule has 22 heavy (non-hydrogen) atoms. The van der Waals surface area contributed by atoms with Crippen LogP contribution in [0.3, 0.4) is 0 Å². The summed E-state index contributed by atoms with van der Waals surface area (Å²) in [4.78, 5) is 10.3. The summed E-state index contributed by atoms with van der Waals surface area (Å²) in [6, 6.07) is 10.5. The number of aromatic amines is 1. The molecule has 1 fully saturated rings. The summed E-state index contributed by atoms with van der Waals surface area (Å²) in [5, 5.41) is 4.27. The fraction of sp³-hybridized carbons (Fsp3) is 0.412. The molecule has 3 rings (SSSR count). The van der Waals surface area contributed by atoms with Crippen molar-refractivity contribution in [2.45, 2.75) is 32.9 Å². The molecule has 0 amide bonds. The Bertz CT molecular complexity index is 650. The van der Waals surface area contributed by atoms with Gasteiger partial charge in [-0.1, -0.05) is 19.9 Å². The normalized spacial score (nSPS) is 21.5. The lowest BCUT2D eigenvalue weighted by atomic mass is 10.0. The lowest BCUT2D eigenvalue weighted by Crippen LogP contribution is -2.33. The summed E-state index contributed by atoms with van der Waals surface area (Å²) < 4.78 is 0. The van der Waals surface area contributed by atoms with Gasteiger partial charge in [0.05, 0.1) is 17.8 Å². The van der Waals surface area contributed by atoms with Crippen molar-refractivity contribution in [3.63, 3.8) is 0 Å². The number of nitrogens with zero attached hydrogens (tertiary/aromatic N) is 2. The molecular weight excluding hydrogens is 292 g/mol. The van der Waals surface area contributed by atoms with E-state index in [2.05, 4.69) is 59.2 Å². The minimum absolute atomic E-state index is 0.0745. The Balaban J connectivity index is 2.00. The SMILES string of the molecule is Cc1ccc([C@@H]2[C@H](c3ccccn3)NC(=S)N2CC(C)C)[nH]1. The third kappa shape index (κ3) is 2.86. The van der Waals surface area contributed by atoms with Crippen LogP contribution in [0.2, 0.25) is 0 Å². The topological polar surface area (TPSA) is 44.0 Å². The van der Waals surface area contributed by atoms with Crippen molar-refractivity contribution < 1.29 is 0 Å². The molecule has 2 aromatic heterocycles. The summed E-state index contributed by atoms with van der Waals surface area (Å²) in [5.41, 5.74) is 3.37. The van der Waals surface area contributed by atoms with E-state index in [-0.39, 0.29) is 12.1 Å². The van der Waals surface area contributed by atoms with E-state index in [0.29, 0.717) is 5.92 Å². The highest BCUT2D eigenvalue weighted by atomic mass is 32.1. The standard InChI is InChI=1S/C17H22N4S/c1-11(2)10-21-16(14-8-7-12(3)19-14)15(20-17(21)22)13-6-4-5-9-18-13/h4-9,11,15-16,19H,10H2,1-3H3,(H,20,22)/t15-,16+/m0/s1. The van der Waals surface area contributed by atoms with Crippen molar-refractivity contribution in [1.82, 2.24) is 20.2 Å². The number of hydrogen-bond acceptors (Lipinski definition) is 2. The Morgan fingerprint density at radius 2 is 2.09 bits per heavy atom. The first-order valence-electron chi connectivity index (χ1n) is 7.70. The average molecular weight is 314 g/mol. The van der Waals surface area contributed by atoms with E-state index in [1.165, 1.54) is 5.69 Å². The quantitative estimate of drug-likeness (QED) is 0.850. The molecule has 0 aromatic carbocycles. The first kappa shape index (κ1) is 15.0. The predicted octanol–water partition coefficient (Wildman–Crippen LogP) is 3.35. The largest absolute Gasteiger partial charge is 0.361 e. The smallest absolute Gasteiger partial charge is 0.170 e. The molecular formula is C17H22N4S. The lowest BCUT2D eigenvalue weighted by molar-refractivity contribution is 0.283. The Hall–Kier alpha value is -1.88. The molecule has 1 aliphatic rings. The van der Waals surface area contributed by atoms with Gasteiger partial charge in [0.25, 0.3) is 0 Å². The van der Waals surface area contributed by atoms with Crippen LogP contribution in [0.5, 0.6) is 0 Å². The van der Waals surface area contributed by atoms with Gasteiger partial charge in [0, 0.05) is 24.1 Å². The zero-order valence-corrected chi connectivity index (χ0v) is 14.0. The number of aryl methyl sites for hydroxylation is 1. The van der Waals surface area contributed by atoms with E-state index in [4.69, 9.17) is 12.2 Å². The molecule has 0 radical (unpaired) electrons. The van der Waals surface area contributed by atoms with Gasteiger partial charge in [0.15, 0.2) is 5.11 Å². The summed E-state index contributed by atoms with van der Waals surface area (Å²) in [5.74, 6) is 0.542. The maximum atomic E-state index is 5.59. The molecule has 0 spiro atoms. The van der Waals surface area contributed by atoms with Crippen LogP contribution in [0.1, 0.15) is 43.0 Å². The van der Waals surface area contributed by atoms with Gasteiger partial charge in [-0.05, 0) is 49.3 Å². The molecule has 1 saturated heterocycles. The highest BCUT2D eigenvalue weighted by Gasteiger charge is 2.40. The molecule has 1 aliphatic heterocycles. The van der Waals surface area contributed by atoms with Crippen molar-refractivity contribution in [1.29, 1.82) is 0 Å². The highest BCUT2D eigenvalue weighted by molar-refractivity contribution is 7.80. The first-order valence-corrected chi connectivity index (χ1v) is 8.10. The van der Waals surface area contributed by atoms with E-state index >= 15 is 0 Å². The second-order valence-electron chi connectivity index (χ2n) is 6.27. The zero-order valence-electron chi connectivity index (χ0n) is 13.2. The van der Waals surface area contributed by atoms with Crippen LogP contribution in [0.25, 0.3) is 0 Å². The van der Waals surface area contributed by atoms with Gasteiger partial charge in [-0.2, -0.15) is 0 Å². The van der Waals surface area contributed by atoms with Gasteiger partial charge in [-0.3, -0.25) is 4.98 Å². The molecule has 2 aromatic rings. The van der Waals surface area contributed by atoms with Crippen molar-refractivity contribution >= 4 is 17.3 Å². The van der Waals surface area contributed by atoms with Crippen LogP contribution in [0.15, 0.2) is 36.5 Å². The van der Waals surface area contributed by atoms with E-state index in [1.807, 2.05) is 18.3 Å². The summed E-state index contributed by atoms with van der Waals surface area (Å²) in [6.45, 7) is 7.44. The molecule has 0 saturated carbocycles. The third-order valence-corrected chi connectivity index (χ3v) is 4.29. The Morgan fingerprint density at radius 1 is 1.27 bits per heavy atom. The van der Waals surface area contributed by atoms with Crippen molar-refractivity contribution in [3.8, 4) is 0 Å². The van der Waals surface area contributed by atoms with Crippen LogP contribution >= 0.6 is 12.2 Å². The number of thiocarbonyl (C=S) groups is 1. The molecule has 2 atom stereocenters. The number of nitrogens with one attached hydrogen (secondary N) is 2. The van der Waals surface area contributed by atoms with Gasteiger partial charge in [0.1, 0.15) is 0 Å². The number of hydrogen-bond donors (Lipinski definition) is 2. The number of pyridine rings is 1. The average Bonchev–Trinajstić information content (AvgIpc) is 3.04. The fourth-order valence-corrected chi connectivity index (χ4v) is 3.35. The monoisotopic (exact) mass is 314 g/mol. The molecule has 0 bridgehead atoms. The molecule has 3 heterocycles.